The summed E-state index contributed by atoms with van der Waals surface area (Å²) in [5.41, 5.74) is 8.44. The Morgan fingerprint density at radius 2 is 0.714 bits per heavy atom. The van der Waals surface area contributed by atoms with Crippen LogP contribution in [0.3, 0.4) is 0 Å². The molecule has 0 aliphatic rings. The molecule has 0 atom stereocenters. The van der Waals surface area contributed by atoms with Crippen molar-refractivity contribution < 1.29 is 0 Å². The Labute approximate surface area is 300 Å². The first-order chi connectivity index (χ1) is 24.0. The van der Waals surface area contributed by atoms with Gasteiger partial charge in [0.25, 0.3) is 0 Å². The maximum absolute atomic E-state index is 2.42. The molecule has 0 saturated heterocycles. The van der Waals surface area contributed by atoms with E-state index in [9.17, 15) is 0 Å². The molecular weight excluding hydrogens is 667 g/mol. The van der Waals surface area contributed by atoms with Gasteiger partial charge in [0.1, 0.15) is 0 Å². The van der Waals surface area contributed by atoms with Gasteiger partial charge < -0.3 is 0 Å². The number of rotatable bonds is 8. The van der Waals surface area contributed by atoms with E-state index in [1.807, 2.05) is 22.7 Å². The Bertz CT molecular complexity index is 2140. The summed E-state index contributed by atoms with van der Waals surface area (Å²) in [4.78, 5) is 0. The summed E-state index contributed by atoms with van der Waals surface area (Å²) >= 11 is 4.06. The number of aryl methyl sites for hydroxylation is 4. The molecule has 6 aromatic carbocycles. The van der Waals surface area contributed by atoms with E-state index in [1.54, 1.807) is 0 Å². The van der Waals surface area contributed by atoms with Crippen molar-refractivity contribution in [1.82, 2.24) is 0 Å². The fraction of sp³-hybridized carbons (Fsp3) is 0.111. The summed E-state index contributed by atoms with van der Waals surface area (Å²) in [6, 6.07) is 54.6. The summed E-state index contributed by atoms with van der Waals surface area (Å²) in [5.74, 6) is 0. The first-order valence-corrected chi connectivity index (χ1v) is 21.1. The molecule has 2 aromatic heterocycles. The molecular formula is C45H38P2S2. The molecule has 4 heteroatoms. The highest BCUT2D eigenvalue weighted by Crippen LogP contribution is 2.46. The van der Waals surface area contributed by atoms with Crippen LogP contribution in [0.4, 0.5) is 0 Å². The molecule has 49 heavy (non-hydrogen) atoms. The molecule has 0 aliphatic carbocycles. The lowest BCUT2D eigenvalue weighted by atomic mass is 9.97. The number of hydrogen-bond donors (Lipinski definition) is 0. The lowest BCUT2D eigenvalue weighted by Gasteiger charge is -2.22. The Kier molecular flexibility index (Phi) is 9.09. The Hall–Kier alpha value is -3.90. The van der Waals surface area contributed by atoms with E-state index in [1.165, 1.54) is 84.0 Å². The van der Waals surface area contributed by atoms with E-state index in [-0.39, 0.29) is 0 Å². The molecule has 8 aromatic rings. The monoisotopic (exact) mass is 704 g/mol. The minimum absolute atomic E-state index is 0.759. The van der Waals surface area contributed by atoms with Gasteiger partial charge in [0, 0.05) is 25.1 Å². The molecule has 0 nitrogen and oxygen atoms in total. The molecule has 0 radical (unpaired) electrons. The van der Waals surface area contributed by atoms with Gasteiger partial charge in [-0.25, -0.2) is 0 Å². The summed E-state index contributed by atoms with van der Waals surface area (Å²) in [6.45, 7) is 9.13. The lowest BCUT2D eigenvalue weighted by Crippen LogP contribution is -2.23. The minimum Gasteiger partial charge on any atom is -0.134 e. The summed E-state index contributed by atoms with van der Waals surface area (Å²) in [6.07, 6.45) is 0.912. The van der Waals surface area contributed by atoms with E-state index in [4.69, 9.17) is 0 Å². The van der Waals surface area contributed by atoms with Gasteiger partial charge in [-0.15, -0.1) is 22.7 Å². The standard InChI is InChI=1S/C45H38P2S2/c1-30-25-32(3)42-38(44(48-40(42)27-30)46(34-17-9-5-10-18-34)35-19-11-6-12-20-35)29-39-43-33(4)26-31(2)28-41(43)49-45(39)47(36-21-13-7-14-22-36)37-23-15-8-16-24-37/h5-28H,29H2,1-4H3. The number of fused-ring (bicyclic) bond motifs is 2. The third-order valence-electron chi connectivity index (χ3n) is 9.24. The van der Waals surface area contributed by atoms with Crippen molar-refractivity contribution in [2.75, 3.05) is 0 Å². The van der Waals surface area contributed by atoms with Crippen LogP contribution >= 0.6 is 38.5 Å². The predicted octanol–water partition coefficient (Wildman–Crippen LogP) is 10.5. The molecule has 2 heterocycles. The van der Waals surface area contributed by atoms with Crippen molar-refractivity contribution in [2.24, 2.45) is 0 Å². The number of benzene rings is 6. The van der Waals surface area contributed by atoms with E-state index in [2.05, 4.69) is 173 Å². The average molecular weight is 705 g/mol. The van der Waals surface area contributed by atoms with E-state index in [0.29, 0.717) is 0 Å². The Morgan fingerprint density at radius 3 is 1.02 bits per heavy atom. The average Bonchev–Trinajstić information content (AvgIpc) is 3.65. The Morgan fingerprint density at radius 1 is 0.408 bits per heavy atom. The van der Waals surface area contributed by atoms with Crippen molar-refractivity contribution in [3.05, 3.63) is 179 Å². The Balaban J connectivity index is 1.44. The van der Waals surface area contributed by atoms with Crippen molar-refractivity contribution in [3.8, 4) is 0 Å². The van der Waals surface area contributed by atoms with Crippen LogP contribution in [0.5, 0.6) is 0 Å². The summed E-state index contributed by atoms with van der Waals surface area (Å²) in [5, 5.41) is 8.52. The first kappa shape index (κ1) is 32.3. The summed E-state index contributed by atoms with van der Waals surface area (Å²) < 4.78 is 5.86. The van der Waals surface area contributed by atoms with E-state index in [0.717, 1.165) is 6.42 Å². The molecule has 0 N–H and O–H groups in total. The topological polar surface area (TPSA) is 0 Å². The zero-order valence-corrected chi connectivity index (χ0v) is 31.7. The van der Waals surface area contributed by atoms with Gasteiger partial charge in [-0.1, -0.05) is 133 Å². The fourth-order valence-corrected chi connectivity index (χ4v) is 16.5. The van der Waals surface area contributed by atoms with Crippen LogP contribution in [-0.4, -0.2) is 0 Å². The smallest absolute Gasteiger partial charge is 0.0416 e. The first-order valence-electron chi connectivity index (χ1n) is 16.8. The fourth-order valence-electron chi connectivity index (χ4n) is 7.28. The molecule has 0 unspecified atom stereocenters. The van der Waals surface area contributed by atoms with Crippen LogP contribution in [0.2, 0.25) is 0 Å². The second kappa shape index (κ2) is 13.8. The van der Waals surface area contributed by atoms with E-state index >= 15 is 0 Å². The van der Waals surface area contributed by atoms with Crippen LogP contribution < -0.4 is 30.5 Å². The van der Waals surface area contributed by atoms with Crippen molar-refractivity contribution in [1.29, 1.82) is 0 Å². The lowest BCUT2D eigenvalue weighted by molar-refractivity contribution is 1.27. The highest BCUT2D eigenvalue weighted by Gasteiger charge is 2.29. The van der Waals surface area contributed by atoms with Crippen LogP contribution in [0.25, 0.3) is 20.2 Å². The third-order valence-corrected chi connectivity index (χ3v) is 17.5. The molecule has 0 saturated carbocycles. The second-order valence-electron chi connectivity index (χ2n) is 12.9. The molecule has 0 aliphatic heterocycles. The normalized spacial score (nSPS) is 11.7. The van der Waals surface area contributed by atoms with Crippen LogP contribution in [0.15, 0.2) is 146 Å². The zero-order valence-electron chi connectivity index (χ0n) is 28.3. The molecule has 8 rings (SSSR count). The highest BCUT2D eigenvalue weighted by molar-refractivity contribution is 7.85. The number of thiophene rings is 2. The van der Waals surface area contributed by atoms with Crippen LogP contribution in [0.1, 0.15) is 33.4 Å². The summed E-state index contributed by atoms with van der Waals surface area (Å²) in [7, 11) is -1.52. The molecule has 240 valence electrons. The maximum atomic E-state index is 2.42. The van der Waals surface area contributed by atoms with Gasteiger partial charge in [0.15, 0.2) is 0 Å². The van der Waals surface area contributed by atoms with Crippen molar-refractivity contribution in [2.45, 2.75) is 34.1 Å². The minimum atomic E-state index is -0.759. The second-order valence-corrected chi connectivity index (χ2v) is 19.9. The van der Waals surface area contributed by atoms with Gasteiger partial charge in [0.2, 0.25) is 0 Å². The quantitative estimate of drug-likeness (QED) is 0.138. The SMILES string of the molecule is Cc1cc(C)c2c(Cc3c(P(c4ccccc4)c4ccccc4)sc4cc(C)cc(C)c34)c(P(c3ccccc3)c3ccccc3)sc2c1. The van der Waals surface area contributed by atoms with Gasteiger partial charge in [0.05, 0.1) is 0 Å². The number of hydrogen-bond acceptors (Lipinski definition) is 2. The van der Waals surface area contributed by atoms with E-state index < -0.39 is 15.8 Å². The third kappa shape index (κ3) is 6.22. The largest absolute Gasteiger partial charge is 0.134 e. The van der Waals surface area contributed by atoms with Crippen molar-refractivity contribution >= 4 is 89.1 Å². The predicted molar refractivity (Wildman–Crippen MR) is 223 cm³/mol. The molecule has 0 fully saturated rings. The molecule has 0 spiro atoms. The zero-order chi connectivity index (χ0) is 33.5. The maximum Gasteiger partial charge on any atom is 0.0416 e. The van der Waals surface area contributed by atoms with Crippen LogP contribution in [0, 0.1) is 27.7 Å². The van der Waals surface area contributed by atoms with Crippen LogP contribution in [-0.2, 0) is 6.42 Å². The highest BCUT2D eigenvalue weighted by atomic mass is 32.1. The van der Waals surface area contributed by atoms with Gasteiger partial charge >= 0.3 is 0 Å². The van der Waals surface area contributed by atoms with Crippen molar-refractivity contribution in [3.63, 3.8) is 0 Å². The van der Waals surface area contributed by atoms with Gasteiger partial charge in [-0.2, -0.15) is 0 Å². The van der Waals surface area contributed by atoms with Gasteiger partial charge in [-0.05, 0) is 121 Å². The molecule has 0 bridgehead atoms. The molecule has 0 amide bonds. The van der Waals surface area contributed by atoms with Gasteiger partial charge in [-0.3, -0.25) is 0 Å².